The number of rotatable bonds is 3. The molecule has 7 heteroatoms. The highest BCUT2D eigenvalue weighted by atomic mass is 16.5. The minimum atomic E-state index is 0.00906. The van der Waals surface area contributed by atoms with Crippen LogP contribution in [0.25, 0.3) is 11.1 Å². The Labute approximate surface area is 182 Å². The van der Waals surface area contributed by atoms with Crippen molar-refractivity contribution in [3.63, 3.8) is 0 Å². The molecule has 3 heterocycles. The van der Waals surface area contributed by atoms with E-state index in [1.54, 1.807) is 0 Å². The summed E-state index contributed by atoms with van der Waals surface area (Å²) in [5.41, 5.74) is 2.16. The summed E-state index contributed by atoms with van der Waals surface area (Å²) < 4.78 is 11.4. The quantitative estimate of drug-likeness (QED) is 0.751. The van der Waals surface area contributed by atoms with Crippen LogP contribution in [-0.4, -0.2) is 66.0 Å². The van der Waals surface area contributed by atoms with Crippen LogP contribution >= 0.6 is 0 Å². The van der Waals surface area contributed by atoms with Gasteiger partial charge in [-0.3, -0.25) is 9.59 Å². The fourth-order valence-electron chi connectivity index (χ4n) is 5.15. The number of likely N-dealkylation sites (tertiary alicyclic amines) is 1. The molecule has 3 aliphatic rings. The van der Waals surface area contributed by atoms with Crippen molar-refractivity contribution in [1.82, 2.24) is 14.8 Å². The number of amides is 2. The van der Waals surface area contributed by atoms with Gasteiger partial charge in [0.25, 0.3) is 5.91 Å². The molecule has 1 saturated carbocycles. The van der Waals surface area contributed by atoms with Gasteiger partial charge >= 0.3 is 0 Å². The standard InChI is InChI=1S/C24H31N3O4/c28-23(27-12-14-30-15-13-27)18-8-10-26(11-9-18)24(29)19-6-7-20-21(16-19)31-22(25-20)17-4-2-1-3-5-17/h6-7,16-18H,1-5,8-15H2. The van der Waals surface area contributed by atoms with Crippen LogP contribution in [0.1, 0.15) is 67.1 Å². The van der Waals surface area contributed by atoms with E-state index in [4.69, 9.17) is 9.15 Å². The lowest BCUT2D eigenvalue weighted by molar-refractivity contribution is -0.141. The number of benzene rings is 1. The number of carbonyl (C=O) groups is 2. The van der Waals surface area contributed by atoms with E-state index < -0.39 is 0 Å². The van der Waals surface area contributed by atoms with Crippen LogP contribution in [0.15, 0.2) is 22.6 Å². The number of morpholine rings is 1. The molecule has 31 heavy (non-hydrogen) atoms. The summed E-state index contributed by atoms with van der Waals surface area (Å²) in [5.74, 6) is 1.46. The van der Waals surface area contributed by atoms with E-state index in [2.05, 4.69) is 4.98 Å². The van der Waals surface area contributed by atoms with Crippen LogP contribution in [0.4, 0.5) is 0 Å². The van der Waals surface area contributed by atoms with Gasteiger partial charge < -0.3 is 19.0 Å². The second-order valence-corrected chi connectivity index (χ2v) is 9.07. The number of carbonyl (C=O) groups excluding carboxylic acids is 2. The molecule has 7 nitrogen and oxygen atoms in total. The van der Waals surface area contributed by atoms with Crippen molar-refractivity contribution in [2.24, 2.45) is 5.92 Å². The smallest absolute Gasteiger partial charge is 0.253 e. The maximum Gasteiger partial charge on any atom is 0.253 e. The zero-order valence-corrected chi connectivity index (χ0v) is 18.1. The van der Waals surface area contributed by atoms with E-state index in [0.717, 1.165) is 37.1 Å². The van der Waals surface area contributed by atoms with E-state index in [1.165, 1.54) is 19.3 Å². The van der Waals surface area contributed by atoms with Gasteiger partial charge in [0.2, 0.25) is 5.91 Å². The lowest BCUT2D eigenvalue weighted by atomic mass is 9.89. The minimum Gasteiger partial charge on any atom is -0.440 e. The van der Waals surface area contributed by atoms with Gasteiger partial charge in [0.1, 0.15) is 5.52 Å². The fraction of sp³-hybridized carbons (Fsp3) is 0.625. The molecule has 0 spiro atoms. The molecule has 0 N–H and O–H groups in total. The van der Waals surface area contributed by atoms with Crippen molar-refractivity contribution < 1.29 is 18.7 Å². The van der Waals surface area contributed by atoms with Gasteiger partial charge in [0.05, 0.1) is 13.2 Å². The first-order valence-corrected chi connectivity index (χ1v) is 11.8. The maximum atomic E-state index is 13.1. The van der Waals surface area contributed by atoms with Gasteiger partial charge in [-0.15, -0.1) is 0 Å². The number of hydrogen-bond donors (Lipinski definition) is 0. The van der Waals surface area contributed by atoms with Crippen molar-refractivity contribution in [3.05, 3.63) is 29.7 Å². The molecule has 5 rings (SSSR count). The second kappa shape index (κ2) is 8.99. The van der Waals surface area contributed by atoms with Crippen molar-refractivity contribution in [3.8, 4) is 0 Å². The summed E-state index contributed by atoms with van der Waals surface area (Å²) in [6, 6.07) is 5.58. The Morgan fingerprint density at radius 3 is 2.39 bits per heavy atom. The minimum absolute atomic E-state index is 0.00906. The molecule has 0 radical (unpaired) electrons. The van der Waals surface area contributed by atoms with Gasteiger partial charge in [-0.1, -0.05) is 19.3 Å². The first-order chi connectivity index (χ1) is 15.2. The molecule has 3 fully saturated rings. The van der Waals surface area contributed by atoms with Gasteiger partial charge in [0.15, 0.2) is 11.5 Å². The van der Waals surface area contributed by atoms with E-state index in [1.807, 2.05) is 28.0 Å². The Morgan fingerprint density at radius 2 is 1.65 bits per heavy atom. The first-order valence-electron chi connectivity index (χ1n) is 11.8. The zero-order valence-electron chi connectivity index (χ0n) is 18.1. The van der Waals surface area contributed by atoms with Crippen LogP contribution in [0, 0.1) is 5.92 Å². The number of hydrogen-bond acceptors (Lipinski definition) is 5. The zero-order chi connectivity index (χ0) is 21.2. The second-order valence-electron chi connectivity index (χ2n) is 9.07. The Kier molecular flexibility index (Phi) is 5.94. The van der Waals surface area contributed by atoms with Crippen molar-refractivity contribution >= 4 is 22.9 Å². The molecule has 2 saturated heterocycles. The summed E-state index contributed by atoms with van der Waals surface area (Å²) in [5, 5.41) is 0. The molecule has 0 atom stereocenters. The molecule has 1 aromatic heterocycles. The topological polar surface area (TPSA) is 75.9 Å². The highest BCUT2D eigenvalue weighted by Crippen LogP contribution is 2.34. The van der Waals surface area contributed by atoms with Crippen LogP contribution in [-0.2, 0) is 9.53 Å². The van der Waals surface area contributed by atoms with E-state index >= 15 is 0 Å². The predicted octanol–water partition coefficient (Wildman–Crippen LogP) is 3.59. The third-order valence-corrected chi connectivity index (χ3v) is 7.06. The molecule has 1 aliphatic carbocycles. The van der Waals surface area contributed by atoms with Crippen LogP contribution in [0.2, 0.25) is 0 Å². The summed E-state index contributed by atoms with van der Waals surface area (Å²) in [4.78, 5) is 34.3. The Balaban J connectivity index is 1.22. The molecule has 1 aromatic carbocycles. The number of oxazole rings is 1. The number of aromatic nitrogens is 1. The Bertz CT molecular complexity index is 935. The van der Waals surface area contributed by atoms with Crippen LogP contribution in [0.5, 0.6) is 0 Å². The normalized spacial score (nSPS) is 21.5. The van der Waals surface area contributed by atoms with Gasteiger partial charge in [0, 0.05) is 43.6 Å². The summed E-state index contributed by atoms with van der Waals surface area (Å²) in [6.45, 7) is 3.82. The number of fused-ring (bicyclic) bond motifs is 1. The lowest BCUT2D eigenvalue weighted by Crippen LogP contribution is -2.47. The SMILES string of the molecule is O=C(c1ccc2nc(C3CCCCC3)oc2c1)N1CCC(C(=O)N2CCOCC2)CC1. The molecule has 2 aromatic rings. The predicted molar refractivity (Wildman–Crippen MR) is 116 cm³/mol. The van der Waals surface area contributed by atoms with Gasteiger partial charge in [-0.25, -0.2) is 4.98 Å². The van der Waals surface area contributed by atoms with Crippen LogP contribution in [0.3, 0.4) is 0 Å². The summed E-state index contributed by atoms with van der Waals surface area (Å²) in [6.07, 6.45) is 7.47. The Hall–Kier alpha value is -2.41. The maximum absolute atomic E-state index is 13.1. The highest BCUT2D eigenvalue weighted by molar-refractivity contribution is 5.97. The molecule has 0 bridgehead atoms. The molecule has 166 valence electrons. The van der Waals surface area contributed by atoms with Crippen molar-refractivity contribution in [2.45, 2.75) is 50.9 Å². The fourth-order valence-corrected chi connectivity index (χ4v) is 5.15. The largest absolute Gasteiger partial charge is 0.440 e. The van der Waals surface area contributed by atoms with E-state index in [-0.39, 0.29) is 17.7 Å². The van der Waals surface area contributed by atoms with Crippen molar-refractivity contribution in [2.75, 3.05) is 39.4 Å². The van der Waals surface area contributed by atoms with Crippen molar-refractivity contribution in [1.29, 1.82) is 0 Å². The number of ether oxygens (including phenoxy) is 1. The molecule has 0 unspecified atom stereocenters. The first kappa shape index (κ1) is 20.5. The number of piperidine rings is 1. The Morgan fingerprint density at radius 1 is 0.903 bits per heavy atom. The third-order valence-electron chi connectivity index (χ3n) is 7.06. The van der Waals surface area contributed by atoms with E-state index in [0.29, 0.717) is 56.5 Å². The molecule has 2 aliphatic heterocycles. The monoisotopic (exact) mass is 425 g/mol. The molecular formula is C24H31N3O4. The number of nitrogens with zero attached hydrogens (tertiary/aromatic N) is 3. The van der Waals surface area contributed by atoms with Gasteiger partial charge in [-0.2, -0.15) is 0 Å². The molecule has 2 amide bonds. The summed E-state index contributed by atoms with van der Waals surface area (Å²) in [7, 11) is 0. The average Bonchev–Trinajstić information content (AvgIpc) is 3.28. The average molecular weight is 426 g/mol. The molecular weight excluding hydrogens is 394 g/mol. The van der Waals surface area contributed by atoms with Gasteiger partial charge in [-0.05, 0) is 43.9 Å². The van der Waals surface area contributed by atoms with Crippen LogP contribution < -0.4 is 0 Å². The third kappa shape index (κ3) is 4.33. The summed E-state index contributed by atoms with van der Waals surface area (Å²) >= 11 is 0. The lowest BCUT2D eigenvalue weighted by Gasteiger charge is -2.35. The highest BCUT2D eigenvalue weighted by Gasteiger charge is 2.31. The van der Waals surface area contributed by atoms with E-state index in [9.17, 15) is 9.59 Å².